The molecule has 0 saturated carbocycles. The molecule has 2 atom stereocenters. The summed E-state index contributed by atoms with van der Waals surface area (Å²) in [6.07, 6.45) is -3.12. The minimum atomic E-state index is -4.41. The Kier molecular flexibility index (Phi) is 5.64. The molecule has 0 N–H and O–H groups in total. The van der Waals surface area contributed by atoms with Crippen molar-refractivity contribution in [2.75, 3.05) is 32.8 Å². The average Bonchev–Trinajstić information content (AvgIpc) is 2.77. The smallest absolute Gasteiger partial charge is 0.370 e. The van der Waals surface area contributed by atoms with E-state index in [4.69, 9.17) is 4.74 Å². The van der Waals surface area contributed by atoms with Gasteiger partial charge in [0.2, 0.25) is 0 Å². The van der Waals surface area contributed by atoms with Crippen molar-refractivity contribution in [1.82, 2.24) is 9.80 Å². The number of ether oxygens (including phenoxy) is 1. The number of carbonyl (C=O) groups excluding carboxylic acids is 2. The van der Waals surface area contributed by atoms with Crippen molar-refractivity contribution in [3.63, 3.8) is 0 Å². The second-order valence-corrected chi connectivity index (χ2v) is 9.14. The predicted octanol–water partition coefficient (Wildman–Crippen LogP) is 4.57. The van der Waals surface area contributed by atoms with E-state index in [1.807, 2.05) is 17.0 Å². The Morgan fingerprint density at radius 3 is 2.42 bits per heavy atom. The Morgan fingerprint density at radius 1 is 0.970 bits per heavy atom. The zero-order valence-electron chi connectivity index (χ0n) is 18.1. The first-order chi connectivity index (χ1) is 15.8. The van der Waals surface area contributed by atoms with Gasteiger partial charge in [0.15, 0.2) is 5.78 Å². The van der Waals surface area contributed by atoms with Crippen molar-refractivity contribution in [3.05, 3.63) is 59.7 Å². The number of rotatable bonds is 2. The van der Waals surface area contributed by atoms with Crippen LogP contribution in [0, 0.1) is 5.92 Å². The number of carbonyl (C=O) groups is 2. The summed E-state index contributed by atoms with van der Waals surface area (Å²) in [6.45, 7) is 2.52. The summed E-state index contributed by atoms with van der Waals surface area (Å²) in [5.41, 5.74) is 1.05. The zero-order chi connectivity index (χ0) is 23.2. The number of hydrogen-bond donors (Lipinski definition) is 0. The average molecular weight is 458 g/mol. The lowest BCUT2D eigenvalue weighted by molar-refractivity contribution is -0.140. The van der Waals surface area contributed by atoms with Gasteiger partial charge in [-0.15, -0.1) is 0 Å². The van der Waals surface area contributed by atoms with Gasteiger partial charge in [-0.1, -0.05) is 42.5 Å². The number of ketones is 1. The van der Waals surface area contributed by atoms with Gasteiger partial charge in [-0.2, -0.15) is 13.2 Å². The summed E-state index contributed by atoms with van der Waals surface area (Å²) in [6, 6.07) is 12.7. The summed E-state index contributed by atoms with van der Waals surface area (Å²) < 4.78 is 45.6. The molecule has 3 aliphatic rings. The molecule has 2 aromatic rings. The van der Waals surface area contributed by atoms with E-state index in [1.54, 1.807) is 23.1 Å². The van der Waals surface area contributed by atoms with Gasteiger partial charge in [-0.3, -0.25) is 4.79 Å². The van der Waals surface area contributed by atoms with Crippen LogP contribution >= 0.6 is 0 Å². The van der Waals surface area contributed by atoms with E-state index in [1.165, 1.54) is 12.1 Å². The van der Waals surface area contributed by atoms with E-state index in [-0.39, 0.29) is 41.9 Å². The Balaban J connectivity index is 1.20. The molecule has 0 radical (unpaired) electrons. The highest BCUT2D eigenvalue weighted by atomic mass is 19.4. The van der Waals surface area contributed by atoms with Crippen LogP contribution in [0.15, 0.2) is 48.5 Å². The molecule has 33 heavy (non-hydrogen) atoms. The largest absolute Gasteiger partial charge is 0.417 e. The van der Waals surface area contributed by atoms with Crippen molar-refractivity contribution in [2.24, 2.45) is 5.92 Å². The van der Waals surface area contributed by atoms with Crippen LogP contribution in [0.3, 0.4) is 0 Å². The number of Topliss-reactive ketones (excluding diaryl/α,β-unsaturated/α-hetero) is 1. The highest BCUT2D eigenvalue weighted by molar-refractivity contribution is 5.81. The monoisotopic (exact) mass is 458 g/mol. The number of fused-ring (bicyclic) bond motifs is 1. The summed E-state index contributed by atoms with van der Waals surface area (Å²) in [7, 11) is 0. The summed E-state index contributed by atoms with van der Waals surface area (Å²) in [5.74, 6) is 0.335. The third kappa shape index (κ3) is 4.36. The molecular weight excluding hydrogens is 433 g/mol. The first-order valence-electron chi connectivity index (χ1n) is 11.2. The Bertz CT molecular complexity index is 1050. The molecule has 5 rings (SSSR count). The van der Waals surface area contributed by atoms with Crippen molar-refractivity contribution in [2.45, 2.75) is 31.0 Å². The molecule has 0 unspecified atom stereocenters. The molecule has 3 saturated heterocycles. The van der Waals surface area contributed by atoms with Gasteiger partial charge in [0, 0.05) is 44.4 Å². The minimum Gasteiger partial charge on any atom is -0.370 e. The maximum atomic E-state index is 13.3. The van der Waals surface area contributed by atoms with Crippen LogP contribution in [0.4, 0.5) is 18.0 Å². The molecule has 3 aliphatic heterocycles. The van der Waals surface area contributed by atoms with E-state index in [9.17, 15) is 22.8 Å². The van der Waals surface area contributed by atoms with E-state index in [0.717, 1.165) is 18.1 Å². The lowest BCUT2D eigenvalue weighted by Crippen LogP contribution is -2.58. The third-order valence-corrected chi connectivity index (χ3v) is 6.96. The minimum absolute atomic E-state index is 0.0153. The molecule has 0 bridgehead atoms. The Morgan fingerprint density at radius 2 is 1.70 bits per heavy atom. The van der Waals surface area contributed by atoms with Crippen molar-refractivity contribution in [3.8, 4) is 11.1 Å². The topological polar surface area (TPSA) is 49.9 Å². The van der Waals surface area contributed by atoms with Crippen LogP contribution in [0.5, 0.6) is 0 Å². The normalized spacial score (nSPS) is 23.8. The number of hydrogen-bond acceptors (Lipinski definition) is 3. The van der Waals surface area contributed by atoms with Gasteiger partial charge in [0.25, 0.3) is 0 Å². The van der Waals surface area contributed by atoms with Crippen LogP contribution in [0.1, 0.15) is 29.9 Å². The van der Waals surface area contributed by atoms with Gasteiger partial charge in [0.05, 0.1) is 11.7 Å². The van der Waals surface area contributed by atoms with Gasteiger partial charge in [-0.25, -0.2) is 4.79 Å². The summed E-state index contributed by atoms with van der Waals surface area (Å²) in [4.78, 5) is 28.2. The summed E-state index contributed by atoms with van der Waals surface area (Å²) >= 11 is 0. The van der Waals surface area contributed by atoms with Crippen LogP contribution < -0.4 is 0 Å². The quantitative estimate of drug-likeness (QED) is 0.663. The molecule has 2 aromatic carbocycles. The highest BCUT2D eigenvalue weighted by Crippen LogP contribution is 2.38. The van der Waals surface area contributed by atoms with Gasteiger partial charge >= 0.3 is 12.2 Å². The van der Waals surface area contributed by atoms with Crippen molar-refractivity contribution >= 4 is 11.8 Å². The van der Waals surface area contributed by atoms with Crippen LogP contribution in [0.2, 0.25) is 0 Å². The zero-order valence-corrected chi connectivity index (χ0v) is 18.1. The number of piperidine rings is 1. The number of halogens is 3. The maximum Gasteiger partial charge on any atom is 0.417 e. The summed E-state index contributed by atoms with van der Waals surface area (Å²) in [5, 5.41) is 0. The standard InChI is InChI=1S/C25H25F3N2O3/c26-25(27,28)22-4-2-1-3-21(22)17-7-5-16(6-8-17)19-13-30(14-19)24(32)29-10-9-23-18(12-29)11-20(31)15-33-23/h1-8,18-19,23H,9-15H2/t18-,23+/m1/s1. The molecule has 0 aliphatic carbocycles. The Labute approximate surface area is 190 Å². The second-order valence-electron chi connectivity index (χ2n) is 9.14. The van der Waals surface area contributed by atoms with Crippen LogP contribution in [-0.4, -0.2) is 60.5 Å². The SMILES string of the molecule is O=C1CO[C@H]2CCN(C(=O)N3CC(c4ccc(-c5ccccc5C(F)(F)F)cc4)C3)C[C@H]2C1. The van der Waals surface area contributed by atoms with E-state index < -0.39 is 11.7 Å². The van der Waals surface area contributed by atoms with E-state index >= 15 is 0 Å². The second kappa shape index (κ2) is 8.48. The first kappa shape index (κ1) is 21.9. The van der Waals surface area contributed by atoms with Gasteiger partial charge in [0.1, 0.15) is 6.61 Å². The predicted molar refractivity (Wildman–Crippen MR) is 116 cm³/mol. The van der Waals surface area contributed by atoms with Crippen molar-refractivity contribution in [1.29, 1.82) is 0 Å². The molecule has 174 valence electrons. The van der Waals surface area contributed by atoms with Gasteiger partial charge < -0.3 is 14.5 Å². The number of alkyl halides is 3. The number of likely N-dealkylation sites (tertiary alicyclic amines) is 2. The van der Waals surface area contributed by atoms with Crippen LogP contribution in [-0.2, 0) is 15.7 Å². The fourth-order valence-electron chi connectivity index (χ4n) is 5.11. The van der Waals surface area contributed by atoms with Gasteiger partial charge in [-0.05, 0) is 29.2 Å². The number of nitrogens with zero attached hydrogens (tertiary/aromatic N) is 2. The molecule has 0 aromatic heterocycles. The van der Waals surface area contributed by atoms with E-state index in [0.29, 0.717) is 38.2 Å². The fraction of sp³-hybridized carbons (Fsp3) is 0.440. The lowest BCUT2D eigenvalue weighted by atomic mass is 9.87. The molecule has 5 nitrogen and oxygen atoms in total. The Hall–Kier alpha value is -2.87. The molecule has 3 heterocycles. The maximum absolute atomic E-state index is 13.3. The highest BCUT2D eigenvalue weighted by Gasteiger charge is 2.40. The lowest BCUT2D eigenvalue weighted by Gasteiger charge is -2.46. The molecule has 8 heteroatoms. The number of urea groups is 1. The molecule has 3 fully saturated rings. The molecular formula is C25H25F3N2O3. The fourth-order valence-corrected chi connectivity index (χ4v) is 5.11. The number of benzene rings is 2. The number of amides is 2. The van der Waals surface area contributed by atoms with Crippen LogP contribution in [0.25, 0.3) is 11.1 Å². The van der Waals surface area contributed by atoms with E-state index in [2.05, 4.69) is 0 Å². The third-order valence-electron chi connectivity index (χ3n) is 6.96. The molecule has 2 amide bonds. The first-order valence-corrected chi connectivity index (χ1v) is 11.2. The molecule has 0 spiro atoms. The van der Waals surface area contributed by atoms with Crippen molar-refractivity contribution < 1.29 is 27.5 Å².